The molecule has 9 heteroatoms. The molecule has 1 amide bonds. The highest BCUT2D eigenvalue weighted by atomic mass is 28.3. The lowest BCUT2D eigenvalue weighted by atomic mass is 9.87. The van der Waals surface area contributed by atoms with Gasteiger partial charge in [-0.15, -0.1) is 0 Å². The van der Waals surface area contributed by atoms with E-state index < -0.39 is 19.7 Å². The minimum atomic E-state index is -1.72. The molecule has 3 aromatic rings. The summed E-state index contributed by atoms with van der Waals surface area (Å²) in [5.74, 6) is 0.464. The van der Waals surface area contributed by atoms with Crippen LogP contribution in [0.5, 0.6) is 5.75 Å². The molecule has 1 atom stereocenters. The first-order valence-corrected chi connectivity index (χ1v) is 15.3. The molecule has 2 aromatic carbocycles. The van der Waals surface area contributed by atoms with Crippen molar-refractivity contribution in [3.05, 3.63) is 80.8 Å². The number of carbonyl (C=O) groups excluding carboxylic acids is 2. The molecule has 0 saturated heterocycles. The van der Waals surface area contributed by atoms with E-state index in [9.17, 15) is 19.6 Å². The van der Waals surface area contributed by atoms with Gasteiger partial charge in [0.2, 0.25) is 5.91 Å². The molecule has 0 saturated carbocycles. The standard InChI is InChI=1S/C27H29N3O5Si/c1-34-20-6-7-22-18(13-20)9-10-30(26(33)15-21-14-25(32)29-35-21)27(22)23(31)12-17-5-8-24(36(2,3)4)19(11-17)16-28/h5-8,11,13-14,27H,9-10,12,15H2,1-4H3,(H,29,32)/t27-/m1/s1. The first-order chi connectivity index (χ1) is 17.1. The molecule has 0 fully saturated rings. The Balaban J connectivity index is 1.67. The summed E-state index contributed by atoms with van der Waals surface area (Å²) in [6, 6.07) is 13.9. The molecule has 2 heterocycles. The number of ketones is 1. The number of aromatic amines is 1. The van der Waals surface area contributed by atoms with Crippen molar-refractivity contribution in [2.75, 3.05) is 13.7 Å². The number of nitrogens with zero attached hydrogens (tertiary/aromatic N) is 2. The van der Waals surface area contributed by atoms with Crippen LogP contribution in [0.1, 0.15) is 34.1 Å². The number of hydrogen-bond donors (Lipinski definition) is 1. The lowest BCUT2D eigenvalue weighted by molar-refractivity contribution is -0.140. The number of nitrogens with one attached hydrogen (secondary N) is 1. The summed E-state index contributed by atoms with van der Waals surface area (Å²) in [5, 5.41) is 13.0. The quantitative estimate of drug-likeness (QED) is 0.496. The molecule has 1 aliphatic heterocycles. The number of aromatic nitrogens is 1. The van der Waals surface area contributed by atoms with E-state index >= 15 is 0 Å². The Morgan fingerprint density at radius 3 is 2.58 bits per heavy atom. The van der Waals surface area contributed by atoms with E-state index in [1.807, 2.05) is 24.3 Å². The van der Waals surface area contributed by atoms with Gasteiger partial charge in [-0.3, -0.25) is 14.4 Å². The van der Waals surface area contributed by atoms with Gasteiger partial charge in [0.1, 0.15) is 17.6 Å². The minimum absolute atomic E-state index is 0.0831. The van der Waals surface area contributed by atoms with Gasteiger partial charge in [0.15, 0.2) is 5.78 Å². The van der Waals surface area contributed by atoms with Gasteiger partial charge in [0.05, 0.1) is 33.2 Å². The Labute approximate surface area is 210 Å². The molecule has 0 unspecified atom stereocenters. The van der Waals surface area contributed by atoms with E-state index in [4.69, 9.17) is 9.26 Å². The lowest BCUT2D eigenvalue weighted by Gasteiger charge is -2.36. The van der Waals surface area contributed by atoms with Crippen molar-refractivity contribution in [2.45, 2.75) is 44.9 Å². The second kappa shape index (κ2) is 9.99. The van der Waals surface area contributed by atoms with Crippen LogP contribution in [0, 0.1) is 11.3 Å². The second-order valence-electron chi connectivity index (χ2n) is 10.0. The fourth-order valence-corrected chi connectivity index (χ4v) is 6.27. The maximum Gasteiger partial charge on any atom is 0.280 e. The molecule has 1 aliphatic rings. The van der Waals surface area contributed by atoms with Gasteiger partial charge < -0.3 is 14.2 Å². The molecule has 1 aromatic heterocycles. The maximum atomic E-state index is 13.8. The number of fused-ring (bicyclic) bond motifs is 1. The predicted octanol–water partition coefficient (Wildman–Crippen LogP) is 2.87. The largest absolute Gasteiger partial charge is 0.497 e. The summed E-state index contributed by atoms with van der Waals surface area (Å²) >= 11 is 0. The molecule has 4 rings (SSSR count). The summed E-state index contributed by atoms with van der Waals surface area (Å²) in [7, 11) is -0.130. The van der Waals surface area contributed by atoms with Crippen LogP contribution in [0.3, 0.4) is 0 Å². The maximum absolute atomic E-state index is 13.8. The van der Waals surface area contributed by atoms with E-state index in [1.54, 1.807) is 24.1 Å². The molecule has 8 nitrogen and oxygen atoms in total. The average Bonchev–Trinajstić information content (AvgIpc) is 3.26. The van der Waals surface area contributed by atoms with Crippen molar-refractivity contribution in [2.24, 2.45) is 0 Å². The number of amides is 1. The summed E-state index contributed by atoms with van der Waals surface area (Å²) < 4.78 is 10.4. The van der Waals surface area contributed by atoms with E-state index in [0.29, 0.717) is 24.3 Å². The Bertz CT molecular complexity index is 1410. The number of rotatable bonds is 7. The molecule has 186 valence electrons. The Kier molecular flexibility index (Phi) is 6.99. The number of H-pyrrole nitrogens is 1. The normalized spacial score (nSPS) is 15.2. The topological polar surface area (TPSA) is 116 Å². The third-order valence-corrected chi connectivity index (χ3v) is 8.55. The molecule has 36 heavy (non-hydrogen) atoms. The zero-order chi connectivity index (χ0) is 26.0. The van der Waals surface area contributed by atoms with Crippen molar-refractivity contribution in [1.82, 2.24) is 10.1 Å². The molecule has 0 bridgehead atoms. The highest BCUT2D eigenvalue weighted by Gasteiger charge is 2.36. The number of benzene rings is 2. The monoisotopic (exact) mass is 503 g/mol. The Morgan fingerprint density at radius 2 is 1.94 bits per heavy atom. The zero-order valence-corrected chi connectivity index (χ0v) is 21.9. The molecular weight excluding hydrogens is 474 g/mol. The van der Waals surface area contributed by atoms with Crippen LogP contribution in [0.25, 0.3) is 0 Å². The molecule has 0 spiro atoms. The van der Waals surface area contributed by atoms with Gasteiger partial charge in [0.25, 0.3) is 5.56 Å². The van der Waals surface area contributed by atoms with Crippen LogP contribution < -0.4 is 15.5 Å². The summed E-state index contributed by atoms with van der Waals surface area (Å²) in [5.41, 5.74) is 2.63. The smallest absolute Gasteiger partial charge is 0.280 e. The summed E-state index contributed by atoms with van der Waals surface area (Å²) in [6.45, 7) is 6.88. The van der Waals surface area contributed by atoms with Crippen molar-refractivity contribution < 1.29 is 18.8 Å². The molecule has 0 radical (unpaired) electrons. The third kappa shape index (κ3) is 5.19. The van der Waals surface area contributed by atoms with E-state index in [1.165, 1.54) is 6.07 Å². The predicted molar refractivity (Wildman–Crippen MR) is 137 cm³/mol. The number of methoxy groups -OCH3 is 1. The number of nitriles is 1. The van der Waals surface area contributed by atoms with Gasteiger partial charge in [-0.1, -0.05) is 37.8 Å². The van der Waals surface area contributed by atoms with Crippen LogP contribution in [0.15, 0.2) is 51.8 Å². The van der Waals surface area contributed by atoms with Crippen LogP contribution in [0.2, 0.25) is 19.6 Å². The summed E-state index contributed by atoms with van der Waals surface area (Å²) in [6.07, 6.45) is 0.528. The Hall–Kier alpha value is -3.90. The average molecular weight is 504 g/mol. The molecule has 1 N–H and O–H groups in total. The fraction of sp³-hybridized carbons (Fsp3) is 0.333. The first-order valence-electron chi connectivity index (χ1n) is 11.8. The number of carbonyl (C=O) groups is 2. The Morgan fingerprint density at radius 1 is 1.17 bits per heavy atom. The minimum Gasteiger partial charge on any atom is -0.497 e. The highest BCUT2D eigenvalue weighted by molar-refractivity contribution is 6.89. The molecule has 0 aliphatic carbocycles. The van der Waals surface area contributed by atoms with Crippen molar-refractivity contribution >= 4 is 25.0 Å². The second-order valence-corrected chi connectivity index (χ2v) is 15.1. The molecular formula is C27H29N3O5Si. The highest BCUT2D eigenvalue weighted by Crippen LogP contribution is 2.34. The third-order valence-electron chi connectivity index (χ3n) is 6.49. The SMILES string of the molecule is COc1ccc2c(c1)CCN(C(=O)Cc1cc(=O)[nH]o1)[C@H]2C(=O)Cc1ccc([Si](C)(C)C)c(C#N)c1. The van der Waals surface area contributed by atoms with Crippen molar-refractivity contribution in [3.63, 3.8) is 0 Å². The zero-order valence-electron chi connectivity index (χ0n) is 20.9. The van der Waals surface area contributed by atoms with Gasteiger partial charge in [-0.25, -0.2) is 0 Å². The van der Waals surface area contributed by atoms with Gasteiger partial charge in [-0.2, -0.15) is 10.4 Å². The van der Waals surface area contributed by atoms with E-state index in [2.05, 4.69) is 30.9 Å². The van der Waals surface area contributed by atoms with Crippen LogP contribution in [-0.2, 0) is 28.9 Å². The van der Waals surface area contributed by atoms with E-state index in [0.717, 1.165) is 21.9 Å². The van der Waals surface area contributed by atoms with Gasteiger partial charge >= 0.3 is 0 Å². The number of hydrogen-bond acceptors (Lipinski definition) is 6. The van der Waals surface area contributed by atoms with Crippen molar-refractivity contribution in [1.29, 1.82) is 5.26 Å². The van der Waals surface area contributed by atoms with Crippen LogP contribution in [0.4, 0.5) is 0 Å². The van der Waals surface area contributed by atoms with Gasteiger partial charge in [0, 0.05) is 19.0 Å². The fourth-order valence-electron chi connectivity index (χ4n) is 4.75. The number of ether oxygens (including phenoxy) is 1. The lowest BCUT2D eigenvalue weighted by Crippen LogP contribution is -2.44. The number of Topliss-reactive ketones (excluding diaryl/α,β-unsaturated/α-hetero) is 1. The van der Waals surface area contributed by atoms with Crippen molar-refractivity contribution in [3.8, 4) is 11.8 Å². The van der Waals surface area contributed by atoms with Crippen LogP contribution >= 0.6 is 0 Å². The van der Waals surface area contributed by atoms with Crippen LogP contribution in [-0.4, -0.2) is 43.5 Å². The van der Waals surface area contributed by atoms with E-state index in [-0.39, 0.29) is 30.3 Å². The van der Waals surface area contributed by atoms with Gasteiger partial charge in [-0.05, 0) is 46.5 Å². The summed E-state index contributed by atoms with van der Waals surface area (Å²) in [4.78, 5) is 40.0. The first kappa shape index (κ1) is 25.2.